The van der Waals surface area contributed by atoms with Crippen molar-refractivity contribution in [1.29, 1.82) is 0 Å². The van der Waals surface area contributed by atoms with Crippen molar-refractivity contribution in [3.05, 3.63) is 84.4 Å². The summed E-state index contributed by atoms with van der Waals surface area (Å²) < 4.78 is 5.08. The lowest BCUT2D eigenvalue weighted by molar-refractivity contribution is -0.126. The number of hydrogen-bond acceptors (Lipinski definition) is 4. The molecule has 0 bridgehead atoms. The van der Waals surface area contributed by atoms with Gasteiger partial charge in [-0.2, -0.15) is 5.10 Å². The zero-order chi connectivity index (χ0) is 21.6. The average molecular weight is 411 g/mol. The van der Waals surface area contributed by atoms with Gasteiger partial charge in [-0.3, -0.25) is 9.59 Å². The topological polar surface area (TPSA) is 79.8 Å². The third kappa shape index (κ3) is 4.70. The number of ether oxygens (including phenoxy) is 1. The van der Waals surface area contributed by atoms with Gasteiger partial charge >= 0.3 is 0 Å². The summed E-state index contributed by atoms with van der Waals surface area (Å²) in [4.78, 5) is 24.3. The van der Waals surface area contributed by atoms with Crippen LogP contribution < -0.4 is 15.5 Å². The second-order valence-corrected chi connectivity index (χ2v) is 6.98. The van der Waals surface area contributed by atoms with E-state index in [1.165, 1.54) is 0 Å². The third-order valence-electron chi connectivity index (χ3n) is 4.89. The van der Waals surface area contributed by atoms with Gasteiger partial charge in [-0.05, 0) is 51.9 Å². The van der Waals surface area contributed by atoms with Crippen LogP contribution >= 0.6 is 0 Å². The van der Waals surface area contributed by atoms with E-state index in [4.69, 9.17) is 4.74 Å². The summed E-state index contributed by atoms with van der Waals surface area (Å²) in [5, 5.41) is 11.0. The van der Waals surface area contributed by atoms with Crippen molar-refractivity contribution in [3.8, 4) is 5.75 Å². The molecule has 4 aromatic carbocycles. The van der Waals surface area contributed by atoms with Gasteiger partial charge in [0.15, 0.2) is 0 Å². The SMILES string of the molecule is COc1ccc(NC(=O)CC(=O)NN=Cc2c3ccccc3cc3ccccc23)cc1. The Morgan fingerprint density at radius 3 is 2.10 bits per heavy atom. The Kier molecular flexibility index (Phi) is 5.89. The van der Waals surface area contributed by atoms with Gasteiger partial charge in [-0.25, -0.2) is 5.43 Å². The number of rotatable bonds is 6. The molecule has 0 aliphatic rings. The fourth-order valence-electron chi connectivity index (χ4n) is 3.42. The summed E-state index contributed by atoms with van der Waals surface area (Å²) in [5.41, 5.74) is 3.95. The molecule has 4 rings (SSSR count). The first-order valence-electron chi connectivity index (χ1n) is 9.80. The van der Waals surface area contributed by atoms with Crippen LogP contribution in [0, 0.1) is 0 Å². The zero-order valence-corrected chi connectivity index (χ0v) is 17.0. The van der Waals surface area contributed by atoms with Crippen LogP contribution in [0.3, 0.4) is 0 Å². The summed E-state index contributed by atoms with van der Waals surface area (Å²) in [6.07, 6.45) is 1.30. The van der Waals surface area contributed by atoms with Crippen LogP contribution in [0.5, 0.6) is 5.75 Å². The number of carbonyl (C=O) groups is 2. The number of methoxy groups -OCH3 is 1. The van der Waals surface area contributed by atoms with Gasteiger partial charge in [0.1, 0.15) is 12.2 Å². The Hall–Kier alpha value is -4.19. The van der Waals surface area contributed by atoms with E-state index < -0.39 is 11.8 Å². The summed E-state index contributed by atoms with van der Waals surface area (Å²) >= 11 is 0. The lowest BCUT2D eigenvalue weighted by Gasteiger charge is -2.08. The molecule has 0 aliphatic carbocycles. The number of amides is 2. The van der Waals surface area contributed by atoms with Gasteiger partial charge in [0.25, 0.3) is 0 Å². The molecule has 6 heteroatoms. The van der Waals surface area contributed by atoms with E-state index in [0.29, 0.717) is 11.4 Å². The summed E-state index contributed by atoms with van der Waals surface area (Å²) in [6, 6.07) is 25.0. The van der Waals surface area contributed by atoms with E-state index in [1.54, 1.807) is 37.6 Å². The van der Waals surface area contributed by atoms with Crippen molar-refractivity contribution < 1.29 is 14.3 Å². The fourth-order valence-corrected chi connectivity index (χ4v) is 3.42. The van der Waals surface area contributed by atoms with Gasteiger partial charge < -0.3 is 10.1 Å². The molecular formula is C25H21N3O3. The molecule has 2 N–H and O–H groups in total. The molecule has 6 nitrogen and oxygen atoms in total. The lowest BCUT2D eigenvalue weighted by Crippen LogP contribution is -2.24. The molecule has 0 unspecified atom stereocenters. The Morgan fingerprint density at radius 1 is 0.871 bits per heavy atom. The predicted octanol–water partition coefficient (Wildman–Crippen LogP) is 4.48. The van der Waals surface area contributed by atoms with E-state index in [9.17, 15) is 9.59 Å². The van der Waals surface area contributed by atoms with Crippen LogP contribution in [0.1, 0.15) is 12.0 Å². The van der Waals surface area contributed by atoms with Crippen molar-refractivity contribution in [2.75, 3.05) is 12.4 Å². The molecular weight excluding hydrogens is 390 g/mol. The van der Waals surface area contributed by atoms with Gasteiger partial charge in [-0.1, -0.05) is 48.5 Å². The number of benzene rings is 4. The van der Waals surface area contributed by atoms with Gasteiger partial charge in [0.05, 0.1) is 13.3 Å². The van der Waals surface area contributed by atoms with Crippen molar-refractivity contribution in [1.82, 2.24) is 5.43 Å². The Balaban J connectivity index is 1.44. The van der Waals surface area contributed by atoms with Crippen molar-refractivity contribution >= 4 is 45.3 Å². The minimum atomic E-state index is -0.494. The Labute approximate surface area is 179 Å². The highest BCUT2D eigenvalue weighted by atomic mass is 16.5. The van der Waals surface area contributed by atoms with E-state index in [2.05, 4.69) is 21.9 Å². The normalized spacial score (nSPS) is 11.0. The zero-order valence-electron chi connectivity index (χ0n) is 17.0. The molecule has 0 atom stereocenters. The van der Waals surface area contributed by atoms with Gasteiger partial charge in [0.2, 0.25) is 11.8 Å². The Bertz CT molecular complexity index is 1230. The van der Waals surface area contributed by atoms with E-state index in [-0.39, 0.29) is 6.42 Å². The summed E-state index contributed by atoms with van der Waals surface area (Å²) in [5.74, 6) is -0.230. The van der Waals surface area contributed by atoms with Crippen LogP contribution in [0.4, 0.5) is 5.69 Å². The molecule has 2 amide bonds. The first kappa shape index (κ1) is 20.1. The number of hydrazone groups is 1. The smallest absolute Gasteiger partial charge is 0.249 e. The van der Waals surface area contributed by atoms with Crippen LogP contribution in [0.2, 0.25) is 0 Å². The van der Waals surface area contributed by atoms with Crippen molar-refractivity contribution in [3.63, 3.8) is 0 Å². The minimum Gasteiger partial charge on any atom is -0.497 e. The molecule has 0 spiro atoms. The molecule has 0 radical (unpaired) electrons. The first-order valence-corrected chi connectivity index (χ1v) is 9.80. The highest BCUT2D eigenvalue weighted by Gasteiger charge is 2.10. The average Bonchev–Trinajstić information content (AvgIpc) is 2.79. The van der Waals surface area contributed by atoms with Gasteiger partial charge in [-0.15, -0.1) is 0 Å². The monoisotopic (exact) mass is 411 g/mol. The number of carbonyl (C=O) groups excluding carboxylic acids is 2. The number of fused-ring (bicyclic) bond motifs is 2. The highest BCUT2D eigenvalue weighted by molar-refractivity contribution is 6.13. The number of nitrogens with one attached hydrogen (secondary N) is 2. The number of nitrogens with zero attached hydrogens (tertiary/aromatic N) is 1. The molecule has 0 aliphatic heterocycles. The third-order valence-corrected chi connectivity index (χ3v) is 4.89. The maximum absolute atomic E-state index is 12.2. The van der Waals surface area contributed by atoms with E-state index in [0.717, 1.165) is 27.1 Å². The standard InChI is InChI=1S/C25H21N3O3/c1-31-20-12-10-19(11-13-20)27-24(29)15-25(30)28-26-16-23-21-8-4-2-6-17(21)14-18-7-3-5-9-22(18)23/h2-14,16H,15H2,1H3,(H,27,29)(H,28,30). The van der Waals surface area contributed by atoms with Gasteiger partial charge in [0, 0.05) is 11.3 Å². The second-order valence-electron chi connectivity index (χ2n) is 6.98. The maximum atomic E-state index is 12.2. The van der Waals surface area contributed by atoms with Crippen LogP contribution in [-0.4, -0.2) is 25.1 Å². The lowest BCUT2D eigenvalue weighted by atomic mass is 9.97. The molecule has 4 aromatic rings. The van der Waals surface area contributed by atoms with Crippen LogP contribution in [-0.2, 0) is 9.59 Å². The molecule has 154 valence electrons. The summed E-state index contributed by atoms with van der Waals surface area (Å²) in [6.45, 7) is 0. The van der Waals surface area contributed by atoms with Crippen molar-refractivity contribution in [2.24, 2.45) is 5.10 Å². The quantitative estimate of drug-likeness (QED) is 0.212. The second kappa shape index (κ2) is 9.09. The van der Waals surface area contributed by atoms with E-state index in [1.807, 2.05) is 48.5 Å². The van der Waals surface area contributed by atoms with Crippen molar-refractivity contribution in [2.45, 2.75) is 6.42 Å². The highest BCUT2D eigenvalue weighted by Crippen LogP contribution is 2.27. The molecule has 0 heterocycles. The largest absolute Gasteiger partial charge is 0.497 e. The molecule has 0 saturated carbocycles. The van der Waals surface area contributed by atoms with Crippen LogP contribution in [0.25, 0.3) is 21.5 Å². The fraction of sp³-hybridized carbons (Fsp3) is 0.0800. The summed E-state index contributed by atoms with van der Waals surface area (Å²) in [7, 11) is 1.57. The predicted molar refractivity (Wildman–Crippen MR) is 123 cm³/mol. The Morgan fingerprint density at radius 2 is 1.48 bits per heavy atom. The number of hydrogen-bond donors (Lipinski definition) is 2. The number of anilines is 1. The minimum absolute atomic E-state index is 0.334. The van der Waals surface area contributed by atoms with E-state index >= 15 is 0 Å². The molecule has 0 aromatic heterocycles. The maximum Gasteiger partial charge on any atom is 0.249 e. The molecule has 31 heavy (non-hydrogen) atoms. The first-order chi connectivity index (χ1) is 15.1. The van der Waals surface area contributed by atoms with Crippen LogP contribution in [0.15, 0.2) is 84.0 Å². The molecule has 0 fully saturated rings. The molecule has 0 saturated heterocycles.